The molecule has 3 heterocycles. The number of fused-ring (bicyclic) bond motifs is 17. The Balaban J connectivity index is 0.913. The molecule has 0 saturated carbocycles. The van der Waals surface area contributed by atoms with E-state index in [1.54, 1.807) is 0 Å². The van der Waals surface area contributed by atoms with E-state index in [0.29, 0.717) is 5.95 Å². The number of nitrogens with zero attached hydrogens (tertiary/aromatic N) is 3. The average molecular weight is 908 g/mol. The number of rotatable bonds is 4. The summed E-state index contributed by atoms with van der Waals surface area (Å²) in [5, 5.41) is 4.69. The van der Waals surface area contributed by atoms with Crippen LogP contribution in [0.1, 0.15) is 101 Å². The highest BCUT2D eigenvalue weighted by Crippen LogP contribution is 2.60. The second-order valence-electron chi connectivity index (χ2n) is 22.6. The molecular formula is C65H53N3O2. The number of hydrogen-bond donors (Lipinski definition) is 0. The summed E-state index contributed by atoms with van der Waals surface area (Å²) in [6.07, 6.45) is 3.68. The molecule has 11 aromatic rings. The normalized spacial score (nSPS) is 15.6. The Morgan fingerprint density at radius 2 is 0.971 bits per heavy atom. The minimum atomic E-state index is -0.334. The average Bonchev–Trinajstić information content (AvgIpc) is 4.10. The summed E-state index contributed by atoms with van der Waals surface area (Å²) in [4.78, 5) is 12.1. The number of anilines is 3. The van der Waals surface area contributed by atoms with Crippen LogP contribution in [0.3, 0.4) is 0 Å². The molecule has 0 aliphatic heterocycles. The van der Waals surface area contributed by atoms with Crippen molar-refractivity contribution in [2.24, 2.45) is 0 Å². The molecule has 70 heavy (non-hydrogen) atoms. The van der Waals surface area contributed by atoms with Crippen molar-refractivity contribution < 1.29 is 8.83 Å². The molecule has 8 aromatic carbocycles. The third kappa shape index (κ3) is 5.43. The van der Waals surface area contributed by atoms with Crippen LogP contribution in [-0.4, -0.2) is 9.97 Å². The van der Waals surface area contributed by atoms with Crippen LogP contribution < -0.4 is 4.90 Å². The zero-order valence-electron chi connectivity index (χ0n) is 41.2. The topological polar surface area (TPSA) is 55.3 Å². The molecule has 5 heteroatoms. The van der Waals surface area contributed by atoms with E-state index in [4.69, 9.17) is 18.8 Å². The van der Waals surface area contributed by atoms with E-state index in [0.717, 1.165) is 50.2 Å². The standard InChI is InChI=1S/C65H53N3O2/c1-62(2,3)37-21-19-36(20-22-37)44-33-52-56(59-43-16-11-13-18-54(43)70-60(44)59)41-26-24-39(32-49(41)65(52,8)9)68(61-66-29-14-30-67-61)38-23-25-40-45-34-51-46(35-50(45)64(6,7)48(40)31-38)57-47(63(51,4)5)27-28-55-58(57)42-15-10-12-17-53(42)69-55/h10-35H,1-9H3. The van der Waals surface area contributed by atoms with E-state index >= 15 is 0 Å². The Morgan fingerprint density at radius 1 is 0.429 bits per heavy atom. The summed E-state index contributed by atoms with van der Waals surface area (Å²) >= 11 is 0. The van der Waals surface area contributed by atoms with E-state index in [1.165, 1.54) is 88.5 Å². The van der Waals surface area contributed by atoms with Crippen LogP contribution in [0.25, 0.3) is 88.4 Å². The van der Waals surface area contributed by atoms with Crippen LogP contribution in [0, 0.1) is 0 Å². The molecule has 0 spiro atoms. The SMILES string of the molecule is CC(C)(C)c1ccc(-c2cc3c(c4c2oc2ccccc24)-c2ccc(N(c4ccc5c(c4)C(C)(C)c4cc6c(cc4-5)C(C)(C)c4ccc5oc7ccccc7c5c4-6)c4ncccn4)cc2C3(C)C)cc1. The van der Waals surface area contributed by atoms with E-state index in [-0.39, 0.29) is 21.7 Å². The molecule has 0 amide bonds. The zero-order valence-corrected chi connectivity index (χ0v) is 41.2. The molecule has 0 saturated heterocycles. The first-order valence-electron chi connectivity index (χ1n) is 24.7. The van der Waals surface area contributed by atoms with Crippen molar-refractivity contribution in [3.63, 3.8) is 0 Å². The Hall–Kier alpha value is -7.76. The van der Waals surface area contributed by atoms with Gasteiger partial charge in [-0.3, -0.25) is 4.90 Å². The van der Waals surface area contributed by atoms with Crippen molar-refractivity contribution in [2.45, 2.75) is 84.0 Å². The summed E-state index contributed by atoms with van der Waals surface area (Å²) in [7, 11) is 0. The van der Waals surface area contributed by atoms with E-state index in [9.17, 15) is 0 Å². The quantitative estimate of drug-likeness (QED) is 0.176. The van der Waals surface area contributed by atoms with Crippen LogP contribution in [0.15, 0.2) is 167 Å². The van der Waals surface area contributed by atoms with Gasteiger partial charge in [-0.1, -0.05) is 141 Å². The third-order valence-corrected chi connectivity index (χ3v) is 16.6. The first-order valence-corrected chi connectivity index (χ1v) is 24.7. The van der Waals surface area contributed by atoms with Crippen molar-refractivity contribution in [1.82, 2.24) is 9.97 Å². The van der Waals surface area contributed by atoms with Crippen LogP contribution in [0.2, 0.25) is 0 Å². The molecule has 0 atom stereocenters. The van der Waals surface area contributed by atoms with Crippen molar-refractivity contribution in [2.75, 3.05) is 4.90 Å². The highest BCUT2D eigenvalue weighted by Gasteiger charge is 2.44. The fraction of sp³-hybridized carbons (Fsp3) is 0.200. The van der Waals surface area contributed by atoms with Crippen LogP contribution in [0.4, 0.5) is 17.3 Å². The Morgan fingerprint density at radius 3 is 1.67 bits per heavy atom. The number of aromatic nitrogens is 2. The molecule has 3 aromatic heterocycles. The van der Waals surface area contributed by atoms with Gasteiger partial charge in [0, 0.05) is 67.1 Å². The van der Waals surface area contributed by atoms with Crippen molar-refractivity contribution in [3.8, 4) is 44.5 Å². The maximum atomic E-state index is 6.85. The lowest BCUT2D eigenvalue weighted by Gasteiger charge is -2.28. The summed E-state index contributed by atoms with van der Waals surface area (Å²) in [6.45, 7) is 21.1. The number of benzene rings is 8. The molecule has 0 unspecified atom stereocenters. The second kappa shape index (κ2) is 13.7. The van der Waals surface area contributed by atoms with Gasteiger partial charge in [-0.15, -0.1) is 0 Å². The number of para-hydroxylation sites is 2. The summed E-state index contributed by atoms with van der Waals surface area (Å²) in [5.41, 5.74) is 24.2. The number of furan rings is 2. The smallest absolute Gasteiger partial charge is 0.234 e. The highest BCUT2D eigenvalue weighted by atomic mass is 16.3. The van der Waals surface area contributed by atoms with E-state index in [1.807, 2.05) is 18.5 Å². The van der Waals surface area contributed by atoms with Gasteiger partial charge >= 0.3 is 0 Å². The molecule has 14 rings (SSSR count). The Labute approximate surface area is 408 Å². The van der Waals surface area contributed by atoms with Gasteiger partial charge in [-0.2, -0.15) is 0 Å². The van der Waals surface area contributed by atoms with Crippen LogP contribution in [-0.2, 0) is 21.7 Å². The van der Waals surface area contributed by atoms with E-state index < -0.39 is 0 Å². The lowest BCUT2D eigenvalue weighted by molar-refractivity contribution is 0.590. The molecule has 0 radical (unpaired) electrons. The van der Waals surface area contributed by atoms with Gasteiger partial charge < -0.3 is 8.83 Å². The monoisotopic (exact) mass is 907 g/mol. The third-order valence-electron chi connectivity index (χ3n) is 16.6. The molecule has 0 bridgehead atoms. The fourth-order valence-corrected chi connectivity index (χ4v) is 12.8. The maximum absolute atomic E-state index is 6.85. The molecule has 340 valence electrons. The number of hydrogen-bond acceptors (Lipinski definition) is 5. The van der Waals surface area contributed by atoms with Gasteiger partial charge in [0.25, 0.3) is 0 Å². The lowest BCUT2D eigenvalue weighted by Crippen LogP contribution is -2.19. The molecule has 3 aliphatic rings. The second-order valence-corrected chi connectivity index (χ2v) is 22.6. The van der Waals surface area contributed by atoms with Crippen molar-refractivity contribution in [3.05, 3.63) is 197 Å². The predicted molar refractivity (Wildman–Crippen MR) is 288 cm³/mol. The summed E-state index contributed by atoms with van der Waals surface area (Å²) in [5.74, 6) is 0.627. The Kier molecular flexibility index (Phi) is 8.09. The predicted octanol–water partition coefficient (Wildman–Crippen LogP) is 17.6. The van der Waals surface area contributed by atoms with Gasteiger partial charge in [0.1, 0.15) is 22.3 Å². The molecular weight excluding hydrogens is 855 g/mol. The lowest BCUT2D eigenvalue weighted by atomic mass is 9.79. The molecule has 0 N–H and O–H groups in total. The molecule has 3 aliphatic carbocycles. The van der Waals surface area contributed by atoms with Gasteiger partial charge in [0.2, 0.25) is 5.95 Å². The molecule has 5 nitrogen and oxygen atoms in total. The van der Waals surface area contributed by atoms with Crippen LogP contribution in [0.5, 0.6) is 0 Å². The summed E-state index contributed by atoms with van der Waals surface area (Å²) in [6, 6.07) is 53.7. The summed E-state index contributed by atoms with van der Waals surface area (Å²) < 4.78 is 13.3. The first kappa shape index (κ1) is 41.2. The maximum Gasteiger partial charge on any atom is 0.234 e. The first-order chi connectivity index (χ1) is 33.6. The van der Waals surface area contributed by atoms with Gasteiger partial charge in [-0.25, -0.2) is 9.97 Å². The minimum absolute atomic E-state index is 0.0577. The van der Waals surface area contributed by atoms with Gasteiger partial charge in [0.15, 0.2) is 0 Å². The zero-order chi connectivity index (χ0) is 47.8. The van der Waals surface area contributed by atoms with Crippen LogP contribution >= 0.6 is 0 Å². The van der Waals surface area contributed by atoms with E-state index in [2.05, 4.69) is 207 Å². The van der Waals surface area contributed by atoms with Crippen molar-refractivity contribution in [1.29, 1.82) is 0 Å². The molecule has 0 fully saturated rings. The van der Waals surface area contributed by atoms with Crippen molar-refractivity contribution >= 4 is 61.2 Å². The minimum Gasteiger partial charge on any atom is -0.456 e. The highest BCUT2D eigenvalue weighted by molar-refractivity contribution is 6.19. The fourth-order valence-electron chi connectivity index (χ4n) is 12.8. The Bertz CT molecular complexity index is 4060. The van der Waals surface area contributed by atoms with Gasteiger partial charge in [-0.05, 0) is 150 Å². The largest absolute Gasteiger partial charge is 0.456 e. The van der Waals surface area contributed by atoms with Gasteiger partial charge in [0.05, 0.1) is 0 Å².